The molecule has 0 radical (unpaired) electrons. The largest absolute Gasteiger partial charge is 0.304 e. The first-order chi connectivity index (χ1) is 7.14. The van der Waals surface area contributed by atoms with Crippen LogP contribution in [0.1, 0.15) is 68.2 Å². The number of nitrogens with zero attached hydrogens (tertiary/aromatic N) is 1. The third-order valence-corrected chi connectivity index (χ3v) is 2.86. The summed E-state index contributed by atoms with van der Waals surface area (Å²) in [6.45, 7) is 19.2. The second kappa shape index (κ2) is 9.04. The summed E-state index contributed by atoms with van der Waals surface area (Å²) in [5, 5.41) is 0. The van der Waals surface area contributed by atoms with Crippen LogP contribution in [0.3, 0.4) is 0 Å². The molecule has 0 aliphatic rings. The monoisotopic (exact) mass is 229 g/mol. The van der Waals surface area contributed by atoms with Crippen molar-refractivity contribution in [3.05, 3.63) is 0 Å². The first-order valence-corrected chi connectivity index (χ1v) is 6.84. The SMILES string of the molecule is CC(C)CC(C)(C)C.CCC(C)N(C)CC. The van der Waals surface area contributed by atoms with Crippen LogP contribution >= 0.6 is 0 Å². The lowest BCUT2D eigenvalue weighted by Gasteiger charge is -2.20. The molecule has 0 aromatic carbocycles. The lowest BCUT2D eigenvalue weighted by molar-refractivity contribution is 0.265. The van der Waals surface area contributed by atoms with Crippen molar-refractivity contribution < 1.29 is 0 Å². The molecule has 0 bridgehead atoms. The molecule has 0 rings (SSSR count). The molecule has 0 spiro atoms. The van der Waals surface area contributed by atoms with Gasteiger partial charge in [-0.25, -0.2) is 0 Å². The maximum Gasteiger partial charge on any atom is 0.00611 e. The Labute approximate surface area is 105 Å². The van der Waals surface area contributed by atoms with E-state index in [9.17, 15) is 0 Å². The molecule has 0 heterocycles. The van der Waals surface area contributed by atoms with E-state index in [1.165, 1.54) is 12.8 Å². The fraction of sp³-hybridized carbons (Fsp3) is 1.00. The molecule has 0 aromatic heterocycles. The van der Waals surface area contributed by atoms with Crippen molar-refractivity contribution in [1.29, 1.82) is 0 Å². The van der Waals surface area contributed by atoms with Crippen molar-refractivity contribution >= 4 is 0 Å². The quantitative estimate of drug-likeness (QED) is 0.668. The molecule has 0 N–H and O–H groups in total. The van der Waals surface area contributed by atoms with Crippen LogP contribution in [0.5, 0.6) is 0 Å². The van der Waals surface area contributed by atoms with Gasteiger partial charge in [0.1, 0.15) is 0 Å². The summed E-state index contributed by atoms with van der Waals surface area (Å²) in [5.41, 5.74) is 0.522. The van der Waals surface area contributed by atoms with Gasteiger partial charge in [-0.2, -0.15) is 0 Å². The molecule has 1 unspecified atom stereocenters. The highest BCUT2D eigenvalue weighted by molar-refractivity contribution is 4.62. The number of hydrogen-bond acceptors (Lipinski definition) is 1. The summed E-state index contributed by atoms with van der Waals surface area (Å²) in [7, 11) is 2.16. The second-order valence-electron chi connectivity index (χ2n) is 6.49. The van der Waals surface area contributed by atoms with Crippen molar-refractivity contribution in [2.24, 2.45) is 11.3 Å². The minimum absolute atomic E-state index is 0.522. The fourth-order valence-electron chi connectivity index (χ4n) is 1.85. The lowest BCUT2D eigenvalue weighted by atomic mass is 9.86. The van der Waals surface area contributed by atoms with Gasteiger partial charge in [-0.3, -0.25) is 0 Å². The molecular weight excluding hydrogens is 194 g/mol. The van der Waals surface area contributed by atoms with Crippen LogP contribution in [0.25, 0.3) is 0 Å². The summed E-state index contributed by atoms with van der Waals surface area (Å²) in [6.07, 6.45) is 2.58. The average molecular weight is 229 g/mol. The Balaban J connectivity index is 0. The highest BCUT2D eigenvalue weighted by Gasteiger charge is 2.11. The Morgan fingerprint density at radius 1 is 1.00 bits per heavy atom. The molecule has 16 heavy (non-hydrogen) atoms. The van der Waals surface area contributed by atoms with E-state index in [1.54, 1.807) is 0 Å². The van der Waals surface area contributed by atoms with Gasteiger partial charge in [0.2, 0.25) is 0 Å². The highest BCUT2D eigenvalue weighted by Crippen LogP contribution is 2.23. The number of rotatable bonds is 4. The van der Waals surface area contributed by atoms with Gasteiger partial charge in [-0.05, 0) is 44.7 Å². The summed E-state index contributed by atoms with van der Waals surface area (Å²) in [6, 6.07) is 0.750. The topological polar surface area (TPSA) is 3.24 Å². The average Bonchev–Trinajstić information content (AvgIpc) is 2.12. The van der Waals surface area contributed by atoms with E-state index in [-0.39, 0.29) is 0 Å². The van der Waals surface area contributed by atoms with Crippen LogP contribution in [-0.4, -0.2) is 24.5 Å². The maximum absolute atomic E-state index is 2.35. The molecule has 0 saturated carbocycles. The van der Waals surface area contributed by atoms with Crippen molar-refractivity contribution in [2.75, 3.05) is 13.6 Å². The van der Waals surface area contributed by atoms with Crippen LogP contribution in [0.2, 0.25) is 0 Å². The minimum Gasteiger partial charge on any atom is -0.304 e. The van der Waals surface area contributed by atoms with Crippen LogP contribution in [-0.2, 0) is 0 Å². The van der Waals surface area contributed by atoms with Crippen LogP contribution in [0.4, 0.5) is 0 Å². The number of hydrogen-bond donors (Lipinski definition) is 0. The van der Waals surface area contributed by atoms with Gasteiger partial charge in [-0.1, -0.05) is 48.5 Å². The summed E-state index contributed by atoms with van der Waals surface area (Å²) in [4.78, 5) is 2.35. The third kappa shape index (κ3) is 14.0. The van der Waals surface area contributed by atoms with Crippen LogP contribution in [0, 0.1) is 11.3 Å². The van der Waals surface area contributed by atoms with E-state index >= 15 is 0 Å². The van der Waals surface area contributed by atoms with E-state index in [1.807, 2.05) is 0 Å². The predicted molar refractivity (Wildman–Crippen MR) is 77.0 cm³/mol. The van der Waals surface area contributed by atoms with Crippen LogP contribution in [0.15, 0.2) is 0 Å². The minimum atomic E-state index is 0.522. The Morgan fingerprint density at radius 2 is 1.44 bits per heavy atom. The molecule has 0 amide bonds. The Morgan fingerprint density at radius 3 is 1.50 bits per heavy atom. The molecule has 0 aliphatic carbocycles. The Hall–Kier alpha value is -0.0400. The van der Waals surface area contributed by atoms with Gasteiger partial charge in [0.15, 0.2) is 0 Å². The molecule has 0 aliphatic heterocycles. The fourth-order valence-corrected chi connectivity index (χ4v) is 1.85. The third-order valence-electron chi connectivity index (χ3n) is 2.86. The zero-order valence-electron chi connectivity index (χ0n) is 13.2. The Kier molecular flexibility index (Phi) is 10.4. The molecule has 0 saturated heterocycles. The van der Waals surface area contributed by atoms with Gasteiger partial charge in [0.05, 0.1) is 0 Å². The molecule has 100 valence electrons. The second-order valence-corrected chi connectivity index (χ2v) is 6.49. The predicted octanol–water partition coefficient (Wildman–Crippen LogP) is 4.82. The summed E-state index contributed by atoms with van der Waals surface area (Å²) < 4.78 is 0. The van der Waals surface area contributed by atoms with Crippen molar-refractivity contribution in [3.8, 4) is 0 Å². The first-order valence-electron chi connectivity index (χ1n) is 6.84. The summed E-state index contributed by atoms with van der Waals surface area (Å²) >= 11 is 0. The first kappa shape index (κ1) is 18.3. The Bertz CT molecular complexity index is 136. The van der Waals surface area contributed by atoms with E-state index in [2.05, 4.69) is 67.3 Å². The molecule has 0 fully saturated rings. The zero-order chi connectivity index (χ0) is 13.4. The molecule has 1 atom stereocenters. The molecular formula is C15H35N. The van der Waals surface area contributed by atoms with Gasteiger partial charge < -0.3 is 4.90 Å². The molecule has 1 nitrogen and oxygen atoms in total. The lowest BCUT2D eigenvalue weighted by Crippen LogP contribution is -2.27. The van der Waals surface area contributed by atoms with Gasteiger partial charge >= 0.3 is 0 Å². The highest BCUT2D eigenvalue weighted by atomic mass is 15.1. The van der Waals surface area contributed by atoms with Crippen molar-refractivity contribution in [2.45, 2.75) is 74.3 Å². The van der Waals surface area contributed by atoms with E-state index in [0.29, 0.717) is 5.41 Å². The van der Waals surface area contributed by atoms with Gasteiger partial charge in [-0.15, -0.1) is 0 Å². The van der Waals surface area contributed by atoms with Gasteiger partial charge in [0.25, 0.3) is 0 Å². The van der Waals surface area contributed by atoms with Crippen molar-refractivity contribution in [3.63, 3.8) is 0 Å². The maximum atomic E-state index is 2.35. The zero-order valence-corrected chi connectivity index (χ0v) is 13.2. The smallest absolute Gasteiger partial charge is 0.00611 e. The molecule has 0 aromatic rings. The molecule has 1 heteroatoms. The van der Waals surface area contributed by atoms with Gasteiger partial charge in [0, 0.05) is 6.04 Å². The normalized spacial score (nSPS) is 13.7. The van der Waals surface area contributed by atoms with E-state index < -0.39 is 0 Å². The van der Waals surface area contributed by atoms with E-state index in [4.69, 9.17) is 0 Å². The van der Waals surface area contributed by atoms with E-state index in [0.717, 1.165) is 18.5 Å². The van der Waals surface area contributed by atoms with Crippen molar-refractivity contribution in [1.82, 2.24) is 4.90 Å². The van der Waals surface area contributed by atoms with Crippen LogP contribution < -0.4 is 0 Å². The summed E-state index contributed by atoms with van der Waals surface area (Å²) in [5.74, 6) is 0.843. The standard InChI is InChI=1S/C8H18.C7H17N/c1-7(2)6-8(3,4)5;1-5-7(3)8(4)6-2/h7H,6H2,1-5H3;7H,5-6H2,1-4H3.